The molecule has 0 aliphatic carbocycles. The lowest BCUT2D eigenvalue weighted by atomic mass is 10.2. The van der Waals surface area contributed by atoms with Crippen LogP contribution in [0.1, 0.15) is 5.56 Å². The third-order valence-electron chi connectivity index (χ3n) is 2.70. The molecule has 2 rings (SSSR count). The molecule has 1 fully saturated rings. The Bertz CT molecular complexity index is 529. The molecular weight excluding hydrogens is 272 g/mol. The standard InChI is InChI=1S/C11H11ClN4O3/c12-10-2-1-8(5-14-10)6-15-4-3-13-11(15)9(7-17)16(18)19/h1-2,5,7,13H,3-4,6H2/b11-9+. The summed E-state index contributed by atoms with van der Waals surface area (Å²) in [7, 11) is 0. The summed E-state index contributed by atoms with van der Waals surface area (Å²) in [6.07, 6.45) is 1.85. The smallest absolute Gasteiger partial charge is 0.348 e. The minimum atomic E-state index is -0.687. The fraction of sp³-hybridized carbons (Fsp3) is 0.273. The molecule has 7 nitrogen and oxygen atoms in total. The third-order valence-corrected chi connectivity index (χ3v) is 2.93. The number of carbonyl (C=O) groups excluding carboxylic acids is 1. The Labute approximate surface area is 114 Å². The molecule has 19 heavy (non-hydrogen) atoms. The number of aldehydes is 1. The molecule has 8 heteroatoms. The molecule has 0 amide bonds. The lowest BCUT2D eigenvalue weighted by Gasteiger charge is -2.17. The lowest BCUT2D eigenvalue weighted by molar-refractivity contribution is -0.419. The normalized spacial score (nSPS) is 17.0. The van der Waals surface area contributed by atoms with Crippen LogP contribution in [0.3, 0.4) is 0 Å². The predicted octanol–water partition coefficient (Wildman–Crippen LogP) is 0.785. The number of rotatable bonds is 4. The number of hydrogen-bond donors (Lipinski definition) is 1. The van der Waals surface area contributed by atoms with E-state index in [9.17, 15) is 14.9 Å². The average Bonchev–Trinajstić information content (AvgIpc) is 2.81. The molecule has 2 heterocycles. The van der Waals surface area contributed by atoms with Gasteiger partial charge in [0, 0.05) is 25.8 Å². The summed E-state index contributed by atoms with van der Waals surface area (Å²) in [5, 5.41) is 14.0. The van der Waals surface area contributed by atoms with Crippen LogP contribution in [-0.2, 0) is 11.3 Å². The van der Waals surface area contributed by atoms with Crippen molar-refractivity contribution in [2.24, 2.45) is 0 Å². The Balaban J connectivity index is 2.22. The highest BCUT2D eigenvalue weighted by Crippen LogP contribution is 2.16. The second kappa shape index (κ2) is 5.66. The van der Waals surface area contributed by atoms with Crippen LogP contribution in [0.25, 0.3) is 0 Å². The van der Waals surface area contributed by atoms with E-state index in [1.807, 2.05) is 0 Å². The average molecular weight is 283 g/mol. The summed E-state index contributed by atoms with van der Waals surface area (Å²) in [6, 6.07) is 3.44. The fourth-order valence-corrected chi connectivity index (χ4v) is 1.96. The van der Waals surface area contributed by atoms with Gasteiger partial charge in [0.1, 0.15) is 5.15 Å². The number of pyridine rings is 1. The van der Waals surface area contributed by atoms with Crippen molar-refractivity contribution < 1.29 is 9.72 Å². The molecule has 0 spiro atoms. The molecule has 0 unspecified atom stereocenters. The molecule has 1 aromatic heterocycles. The van der Waals surface area contributed by atoms with E-state index in [1.165, 1.54) is 0 Å². The molecule has 0 bridgehead atoms. The van der Waals surface area contributed by atoms with Crippen molar-refractivity contribution in [3.63, 3.8) is 0 Å². The summed E-state index contributed by atoms with van der Waals surface area (Å²) in [4.78, 5) is 26.6. The first-order valence-corrected chi connectivity index (χ1v) is 5.92. The number of halogens is 1. The zero-order chi connectivity index (χ0) is 13.8. The van der Waals surface area contributed by atoms with Gasteiger partial charge in [-0.3, -0.25) is 14.9 Å². The van der Waals surface area contributed by atoms with Crippen LogP contribution in [0.4, 0.5) is 0 Å². The number of allylic oxidation sites excluding steroid dienone is 1. The maximum atomic E-state index is 10.8. The molecule has 1 aromatic rings. The van der Waals surface area contributed by atoms with Gasteiger partial charge in [-0.1, -0.05) is 17.7 Å². The Morgan fingerprint density at radius 1 is 1.63 bits per heavy atom. The summed E-state index contributed by atoms with van der Waals surface area (Å²) < 4.78 is 0. The topological polar surface area (TPSA) is 88.4 Å². The monoisotopic (exact) mass is 282 g/mol. The van der Waals surface area contributed by atoms with Crippen LogP contribution in [0, 0.1) is 10.1 Å². The lowest BCUT2D eigenvalue weighted by Crippen LogP contribution is -2.24. The van der Waals surface area contributed by atoms with E-state index in [0.29, 0.717) is 24.8 Å². The summed E-state index contributed by atoms with van der Waals surface area (Å²) >= 11 is 5.69. The van der Waals surface area contributed by atoms with Crippen molar-refractivity contribution >= 4 is 17.9 Å². The van der Waals surface area contributed by atoms with E-state index in [-0.39, 0.29) is 12.1 Å². The van der Waals surface area contributed by atoms with E-state index < -0.39 is 10.6 Å². The maximum absolute atomic E-state index is 10.8. The second-order valence-corrected chi connectivity index (χ2v) is 4.33. The zero-order valence-corrected chi connectivity index (χ0v) is 10.6. The molecule has 0 aromatic carbocycles. The van der Waals surface area contributed by atoms with Gasteiger partial charge in [0.2, 0.25) is 6.29 Å². The van der Waals surface area contributed by atoms with Crippen LogP contribution < -0.4 is 5.32 Å². The van der Waals surface area contributed by atoms with Crippen molar-refractivity contribution in [1.82, 2.24) is 15.2 Å². The second-order valence-electron chi connectivity index (χ2n) is 3.95. The molecule has 100 valence electrons. The van der Waals surface area contributed by atoms with Gasteiger partial charge in [-0.15, -0.1) is 0 Å². The highest BCUT2D eigenvalue weighted by atomic mass is 35.5. The molecule has 1 N–H and O–H groups in total. The van der Waals surface area contributed by atoms with E-state index in [1.54, 1.807) is 23.2 Å². The Hall–Kier alpha value is -2.15. The molecule has 0 atom stereocenters. The number of aromatic nitrogens is 1. The summed E-state index contributed by atoms with van der Waals surface area (Å²) in [5.41, 5.74) is 0.401. The van der Waals surface area contributed by atoms with E-state index in [0.717, 1.165) is 5.56 Å². The zero-order valence-electron chi connectivity index (χ0n) is 9.88. The van der Waals surface area contributed by atoms with Gasteiger partial charge in [-0.2, -0.15) is 0 Å². The van der Waals surface area contributed by atoms with Crippen molar-refractivity contribution in [3.05, 3.63) is 50.7 Å². The minimum absolute atomic E-state index is 0.245. The molecule has 1 aliphatic rings. The molecule has 1 aliphatic heterocycles. The van der Waals surface area contributed by atoms with Crippen molar-refractivity contribution in [3.8, 4) is 0 Å². The van der Waals surface area contributed by atoms with Gasteiger partial charge < -0.3 is 10.2 Å². The van der Waals surface area contributed by atoms with Crippen LogP contribution in [0.2, 0.25) is 5.15 Å². The first-order chi connectivity index (χ1) is 9.11. The minimum Gasteiger partial charge on any atom is -0.364 e. The number of hydrogen-bond acceptors (Lipinski definition) is 6. The molecule has 1 saturated heterocycles. The van der Waals surface area contributed by atoms with E-state index in [4.69, 9.17) is 11.6 Å². The van der Waals surface area contributed by atoms with Crippen LogP contribution in [0.5, 0.6) is 0 Å². The quantitative estimate of drug-likeness (QED) is 0.289. The maximum Gasteiger partial charge on any atom is 0.348 e. The Morgan fingerprint density at radius 2 is 2.42 bits per heavy atom. The van der Waals surface area contributed by atoms with E-state index in [2.05, 4.69) is 10.3 Å². The largest absolute Gasteiger partial charge is 0.364 e. The first-order valence-electron chi connectivity index (χ1n) is 5.55. The summed E-state index contributed by atoms with van der Waals surface area (Å²) in [5.74, 6) is 0.245. The molecule has 0 radical (unpaired) electrons. The number of nitro groups is 1. The van der Waals surface area contributed by atoms with Crippen LogP contribution in [-0.4, -0.2) is 34.2 Å². The SMILES string of the molecule is O=C/C(=C1/NCCN1Cc1ccc(Cl)nc1)[N+](=O)[O-]. The van der Waals surface area contributed by atoms with Gasteiger partial charge in [-0.25, -0.2) is 4.98 Å². The highest BCUT2D eigenvalue weighted by molar-refractivity contribution is 6.29. The van der Waals surface area contributed by atoms with E-state index >= 15 is 0 Å². The summed E-state index contributed by atoms with van der Waals surface area (Å²) in [6.45, 7) is 1.57. The fourth-order valence-electron chi connectivity index (χ4n) is 1.85. The Morgan fingerprint density at radius 3 is 3.00 bits per heavy atom. The predicted molar refractivity (Wildman–Crippen MR) is 67.7 cm³/mol. The molecular formula is C11H11ClN4O3. The Kier molecular flexibility index (Phi) is 3.96. The molecule has 0 saturated carbocycles. The van der Waals surface area contributed by atoms with Crippen LogP contribution >= 0.6 is 11.6 Å². The van der Waals surface area contributed by atoms with Gasteiger partial charge >= 0.3 is 5.70 Å². The van der Waals surface area contributed by atoms with Gasteiger partial charge in [0.15, 0.2) is 5.82 Å². The van der Waals surface area contributed by atoms with Crippen molar-refractivity contribution in [2.45, 2.75) is 6.54 Å². The highest BCUT2D eigenvalue weighted by Gasteiger charge is 2.27. The van der Waals surface area contributed by atoms with Crippen LogP contribution in [0.15, 0.2) is 29.8 Å². The first kappa shape index (κ1) is 13.3. The number of nitrogens with zero attached hydrogens (tertiary/aromatic N) is 3. The van der Waals surface area contributed by atoms with Crippen molar-refractivity contribution in [1.29, 1.82) is 0 Å². The van der Waals surface area contributed by atoms with Gasteiger partial charge in [0.05, 0.1) is 4.92 Å². The number of carbonyl (C=O) groups is 1. The van der Waals surface area contributed by atoms with Crippen molar-refractivity contribution in [2.75, 3.05) is 13.1 Å². The van der Waals surface area contributed by atoms with Gasteiger partial charge in [-0.05, 0) is 11.6 Å². The third kappa shape index (κ3) is 3.00. The number of nitrogens with one attached hydrogen (secondary N) is 1. The van der Waals surface area contributed by atoms with Gasteiger partial charge in [0.25, 0.3) is 0 Å².